The number of anilines is 1. The van der Waals surface area contributed by atoms with Crippen LogP contribution in [-0.2, 0) is 0 Å². The zero-order valence-corrected chi connectivity index (χ0v) is 14.8. The van der Waals surface area contributed by atoms with E-state index in [0.29, 0.717) is 21.3 Å². The molecule has 24 heavy (non-hydrogen) atoms. The number of thiazole rings is 1. The van der Waals surface area contributed by atoms with Crippen molar-refractivity contribution < 1.29 is 13.6 Å². The zero-order valence-electron chi connectivity index (χ0n) is 13.3. The van der Waals surface area contributed by atoms with Crippen LogP contribution in [0.5, 0.6) is 0 Å². The Morgan fingerprint density at radius 1 is 1.29 bits per heavy atom. The van der Waals surface area contributed by atoms with Gasteiger partial charge in [-0.3, -0.25) is 4.79 Å². The number of benzene rings is 1. The SMILES string of the molecule is Cc1ccc(-c2nc(C)c(C(=O)N(C)c3ccc(Cl)cc3F)s2)o1. The summed E-state index contributed by atoms with van der Waals surface area (Å²) in [6, 6.07) is 7.84. The minimum absolute atomic E-state index is 0.160. The van der Waals surface area contributed by atoms with Gasteiger partial charge in [0.15, 0.2) is 10.8 Å². The van der Waals surface area contributed by atoms with Gasteiger partial charge in [-0.2, -0.15) is 0 Å². The van der Waals surface area contributed by atoms with Gasteiger partial charge in [0, 0.05) is 12.1 Å². The molecule has 124 valence electrons. The number of carbonyl (C=O) groups is 1. The minimum atomic E-state index is -0.553. The number of rotatable bonds is 3. The fourth-order valence-electron chi connectivity index (χ4n) is 2.26. The second-order valence-electron chi connectivity index (χ2n) is 5.30. The molecular formula is C17H14ClFN2O2S. The van der Waals surface area contributed by atoms with E-state index in [1.165, 1.54) is 35.4 Å². The third-order valence-electron chi connectivity index (χ3n) is 3.52. The third-order valence-corrected chi connectivity index (χ3v) is 4.91. The molecule has 0 aliphatic heterocycles. The zero-order chi connectivity index (χ0) is 17.4. The molecule has 2 aromatic heterocycles. The van der Waals surface area contributed by atoms with Crippen LogP contribution in [-0.4, -0.2) is 17.9 Å². The summed E-state index contributed by atoms with van der Waals surface area (Å²) >= 11 is 6.98. The standard InChI is InChI=1S/C17H14ClFN2O2S/c1-9-4-7-14(23-9)16-20-10(2)15(24-16)17(22)21(3)13-6-5-11(18)8-12(13)19/h4-8H,1-3H3. The maximum absolute atomic E-state index is 14.0. The van der Waals surface area contributed by atoms with Gasteiger partial charge < -0.3 is 9.32 Å². The number of carbonyl (C=O) groups excluding carboxylic acids is 1. The van der Waals surface area contributed by atoms with Crippen LogP contribution in [0, 0.1) is 19.7 Å². The van der Waals surface area contributed by atoms with Gasteiger partial charge in [-0.05, 0) is 44.2 Å². The highest BCUT2D eigenvalue weighted by Gasteiger charge is 2.23. The Kier molecular flexibility index (Phi) is 4.43. The van der Waals surface area contributed by atoms with Gasteiger partial charge in [-0.25, -0.2) is 9.37 Å². The molecule has 0 radical (unpaired) electrons. The fraction of sp³-hybridized carbons (Fsp3) is 0.176. The Balaban J connectivity index is 1.93. The number of hydrogen-bond acceptors (Lipinski definition) is 4. The highest BCUT2D eigenvalue weighted by Crippen LogP contribution is 2.31. The molecule has 0 bridgehead atoms. The van der Waals surface area contributed by atoms with Crippen LogP contribution >= 0.6 is 22.9 Å². The minimum Gasteiger partial charge on any atom is -0.459 e. The summed E-state index contributed by atoms with van der Waals surface area (Å²) in [5.41, 5.74) is 0.739. The highest BCUT2D eigenvalue weighted by atomic mass is 35.5. The molecule has 0 aliphatic rings. The Labute approximate surface area is 147 Å². The Morgan fingerprint density at radius 2 is 2.04 bits per heavy atom. The van der Waals surface area contributed by atoms with Crippen molar-refractivity contribution in [2.24, 2.45) is 0 Å². The van der Waals surface area contributed by atoms with Gasteiger partial charge in [0.2, 0.25) is 0 Å². The van der Waals surface area contributed by atoms with Gasteiger partial charge in [0.05, 0.1) is 11.4 Å². The Bertz CT molecular complexity index is 919. The summed E-state index contributed by atoms with van der Waals surface area (Å²) in [4.78, 5) is 18.8. The summed E-state index contributed by atoms with van der Waals surface area (Å²) in [5.74, 6) is 0.495. The fourth-order valence-corrected chi connectivity index (χ4v) is 3.43. The molecule has 3 aromatic rings. The summed E-state index contributed by atoms with van der Waals surface area (Å²) in [6.07, 6.45) is 0. The molecule has 0 atom stereocenters. The van der Waals surface area contributed by atoms with Crippen LogP contribution in [0.15, 0.2) is 34.7 Å². The molecule has 0 aliphatic carbocycles. The van der Waals surface area contributed by atoms with Crippen LogP contribution in [0.2, 0.25) is 5.02 Å². The van der Waals surface area contributed by atoms with Crippen LogP contribution in [0.3, 0.4) is 0 Å². The van der Waals surface area contributed by atoms with Gasteiger partial charge >= 0.3 is 0 Å². The molecule has 0 N–H and O–H groups in total. The normalized spacial score (nSPS) is 10.9. The van der Waals surface area contributed by atoms with Crippen molar-refractivity contribution in [3.8, 4) is 10.8 Å². The van der Waals surface area contributed by atoms with E-state index in [1.54, 1.807) is 13.0 Å². The van der Waals surface area contributed by atoms with E-state index in [9.17, 15) is 9.18 Å². The van der Waals surface area contributed by atoms with E-state index < -0.39 is 5.82 Å². The molecular weight excluding hydrogens is 351 g/mol. The van der Waals surface area contributed by atoms with Crippen LogP contribution in [0.25, 0.3) is 10.8 Å². The molecule has 0 unspecified atom stereocenters. The molecule has 0 spiro atoms. The van der Waals surface area contributed by atoms with Crippen molar-refractivity contribution >= 4 is 34.5 Å². The largest absolute Gasteiger partial charge is 0.459 e. The third kappa shape index (κ3) is 3.07. The van der Waals surface area contributed by atoms with Gasteiger partial charge in [0.1, 0.15) is 16.5 Å². The van der Waals surface area contributed by atoms with Crippen molar-refractivity contribution in [1.29, 1.82) is 0 Å². The van der Waals surface area contributed by atoms with Crippen molar-refractivity contribution in [2.75, 3.05) is 11.9 Å². The first-order chi connectivity index (χ1) is 11.4. The number of aryl methyl sites for hydroxylation is 2. The number of nitrogens with zero attached hydrogens (tertiary/aromatic N) is 2. The van der Waals surface area contributed by atoms with Crippen molar-refractivity contribution in [3.63, 3.8) is 0 Å². The van der Waals surface area contributed by atoms with Crippen LogP contribution < -0.4 is 4.90 Å². The van der Waals surface area contributed by atoms with E-state index in [0.717, 1.165) is 5.76 Å². The average molecular weight is 365 g/mol. The van der Waals surface area contributed by atoms with E-state index in [-0.39, 0.29) is 16.6 Å². The maximum atomic E-state index is 14.0. The van der Waals surface area contributed by atoms with Crippen LogP contribution in [0.1, 0.15) is 21.1 Å². The molecule has 4 nitrogen and oxygen atoms in total. The number of hydrogen-bond donors (Lipinski definition) is 0. The molecule has 1 aromatic carbocycles. The van der Waals surface area contributed by atoms with E-state index in [2.05, 4.69) is 4.98 Å². The molecule has 0 saturated carbocycles. The smallest absolute Gasteiger partial charge is 0.270 e. The second-order valence-corrected chi connectivity index (χ2v) is 6.74. The molecule has 7 heteroatoms. The maximum Gasteiger partial charge on any atom is 0.270 e. The quantitative estimate of drug-likeness (QED) is 0.650. The van der Waals surface area contributed by atoms with Gasteiger partial charge in [-0.1, -0.05) is 11.6 Å². The predicted octanol–water partition coefficient (Wildman–Crippen LogP) is 5.09. The number of halogens is 2. The highest BCUT2D eigenvalue weighted by molar-refractivity contribution is 7.17. The summed E-state index contributed by atoms with van der Waals surface area (Å²) in [6.45, 7) is 3.59. The average Bonchev–Trinajstić information content (AvgIpc) is 3.12. The van der Waals surface area contributed by atoms with E-state index in [4.69, 9.17) is 16.0 Å². The van der Waals surface area contributed by atoms with E-state index in [1.807, 2.05) is 19.1 Å². The summed E-state index contributed by atoms with van der Waals surface area (Å²) in [5, 5.41) is 0.899. The topological polar surface area (TPSA) is 46.3 Å². The molecule has 2 heterocycles. The van der Waals surface area contributed by atoms with Crippen molar-refractivity contribution in [2.45, 2.75) is 13.8 Å². The molecule has 1 amide bonds. The lowest BCUT2D eigenvalue weighted by atomic mass is 10.2. The Morgan fingerprint density at radius 3 is 2.67 bits per heavy atom. The van der Waals surface area contributed by atoms with Gasteiger partial charge in [0.25, 0.3) is 5.91 Å². The van der Waals surface area contributed by atoms with Crippen LogP contribution in [0.4, 0.5) is 10.1 Å². The molecule has 0 saturated heterocycles. The first-order valence-electron chi connectivity index (χ1n) is 7.14. The van der Waals surface area contributed by atoms with Crippen molar-refractivity contribution in [3.05, 3.63) is 57.5 Å². The lowest BCUT2D eigenvalue weighted by molar-refractivity contribution is 0.0995. The molecule has 0 fully saturated rings. The number of furan rings is 1. The van der Waals surface area contributed by atoms with Crippen molar-refractivity contribution in [1.82, 2.24) is 4.98 Å². The predicted molar refractivity (Wildman–Crippen MR) is 93.4 cm³/mol. The monoisotopic (exact) mass is 364 g/mol. The second kappa shape index (κ2) is 6.37. The first kappa shape index (κ1) is 16.7. The molecule has 3 rings (SSSR count). The Hall–Kier alpha value is -2.18. The first-order valence-corrected chi connectivity index (χ1v) is 8.33. The lowest BCUT2D eigenvalue weighted by Crippen LogP contribution is -2.26. The summed E-state index contributed by atoms with van der Waals surface area (Å²) in [7, 11) is 1.52. The van der Waals surface area contributed by atoms with Gasteiger partial charge in [-0.15, -0.1) is 11.3 Å². The number of amides is 1. The van der Waals surface area contributed by atoms with E-state index >= 15 is 0 Å². The number of aromatic nitrogens is 1. The lowest BCUT2D eigenvalue weighted by Gasteiger charge is -2.17. The summed E-state index contributed by atoms with van der Waals surface area (Å²) < 4.78 is 19.6.